The van der Waals surface area contributed by atoms with Crippen molar-refractivity contribution in [1.29, 1.82) is 0 Å². The van der Waals surface area contributed by atoms with Gasteiger partial charge in [0.15, 0.2) is 15.7 Å². The van der Waals surface area contributed by atoms with E-state index in [-0.39, 0.29) is 28.3 Å². The number of aromatic nitrogens is 2. The largest absolute Gasteiger partial charge is 0.392 e. The van der Waals surface area contributed by atoms with E-state index in [9.17, 15) is 13.2 Å². The third kappa shape index (κ3) is 5.78. The van der Waals surface area contributed by atoms with Gasteiger partial charge in [0, 0.05) is 11.8 Å². The van der Waals surface area contributed by atoms with Crippen molar-refractivity contribution in [2.24, 2.45) is 5.92 Å². The quantitative estimate of drug-likeness (QED) is 0.607. The van der Waals surface area contributed by atoms with E-state index in [0.717, 1.165) is 31.9 Å². The Bertz CT molecular complexity index is 1120. The minimum absolute atomic E-state index is 0.0177. The van der Waals surface area contributed by atoms with Crippen LogP contribution in [-0.4, -0.2) is 42.3 Å². The van der Waals surface area contributed by atoms with Gasteiger partial charge in [0.2, 0.25) is 0 Å². The molecule has 1 heterocycles. The molecule has 1 aliphatic rings. The van der Waals surface area contributed by atoms with Crippen LogP contribution in [0.25, 0.3) is 11.1 Å². The third-order valence-corrected chi connectivity index (χ3v) is 6.72. The van der Waals surface area contributed by atoms with Gasteiger partial charge >= 0.3 is 0 Å². The minimum atomic E-state index is -3.48. The van der Waals surface area contributed by atoms with Crippen molar-refractivity contribution in [1.82, 2.24) is 9.97 Å². The number of halogens is 1. The summed E-state index contributed by atoms with van der Waals surface area (Å²) in [6.45, 7) is 3.45. The Morgan fingerprint density at radius 3 is 2.55 bits per heavy atom. The summed E-state index contributed by atoms with van der Waals surface area (Å²) in [5.74, 6) is 0.115. The van der Waals surface area contributed by atoms with Gasteiger partial charge in [-0.15, -0.1) is 0 Å². The molecule has 9 heteroatoms. The summed E-state index contributed by atoms with van der Waals surface area (Å²) >= 11 is 6.21. The molecule has 0 unspecified atom stereocenters. The molecule has 2 aromatic rings. The van der Waals surface area contributed by atoms with Crippen LogP contribution in [0.3, 0.4) is 0 Å². The Morgan fingerprint density at radius 1 is 1.29 bits per heavy atom. The van der Waals surface area contributed by atoms with E-state index in [2.05, 4.69) is 21.9 Å². The Kier molecular flexibility index (Phi) is 7.25. The number of benzene rings is 1. The summed E-state index contributed by atoms with van der Waals surface area (Å²) in [7, 11) is -3.48. The summed E-state index contributed by atoms with van der Waals surface area (Å²) < 4.78 is 23.7. The van der Waals surface area contributed by atoms with Crippen molar-refractivity contribution in [3.8, 4) is 0 Å². The Morgan fingerprint density at radius 2 is 2.00 bits per heavy atom. The number of nitrogens with one attached hydrogen (secondary N) is 1. The number of carbonyl (C=O) groups is 1. The summed E-state index contributed by atoms with van der Waals surface area (Å²) in [5.41, 5.74) is 1.79. The fraction of sp³-hybridized carbons (Fsp3) is 0.318. The number of allylic oxidation sites excluding steroid dienone is 1. The molecule has 7 nitrogen and oxygen atoms in total. The highest BCUT2D eigenvalue weighted by Crippen LogP contribution is 2.32. The van der Waals surface area contributed by atoms with E-state index >= 15 is 0 Å². The van der Waals surface area contributed by atoms with Crippen LogP contribution in [0.5, 0.6) is 0 Å². The molecule has 31 heavy (non-hydrogen) atoms. The van der Waals surface area contributed by atoms with Crippen LogP contribution in [0, 0.1) is 5.92 Å². The number of sulfone groups is 1. The fourth-order valence-electron chi connectivity index (χ4n) is 3.47. The summed E-state index contributed by atoms with van der Waals surface area (Å²) in [5, 5.41) is 11.9. The lowest BCUT2D eigenvalue weighted by Crippen LogP contribution is -2.16. The molecule has 1 amide bonds. The first kappa shape index (κ1) is 23.1. The minimum Gasteiger partial charge on any atom is -0.392 e. The number of anilines is 1. The lowest BCUT2D eigenvalue weighted by molar-refractivity contribution is -0.111. The van der Waals surface area contributed by atoms with E-state index in [4.69, 9.17) is 16.7 Å². The maximum atomic E-state index is 13.1. The highest BCUT2D eigenvalue weighted by atomic mass is 35.5. The lowest BCUT2D eigenvalue weighted by atomic mass is 9.98. The first-order chi connectivity index (χ1) is 14.7. The molecule has 0 spiro atoms. The van der Waals surface area contributed by atoms with Gasteiger partial charge in [-0.3, -0.25) is 9.78 Å². The molecule has 0 radical (unpaired) electrons. The van der Waals surface area contributed by atoms with Crippen molar-refractivity contribution in [2.75, 3.05) is 18.2 Å². The maximum Gasteiger partial charge on any atom is 0.257 e. The van der Waals surface area contributed by atoms with Gasteiger partial charge in [-0.2, -0.15) is 0 Å². The zero-order valence-corrected chi connectivity index (χ0v) is 18.7. The van der Waals surface area contributed by atoms with Gasteiger partial charge in [-0.25, -0.2) is 13.4 Å². The highest BCUT2D eigenvalue weighted by Gasteiger charge is 2.21. The average Bonchev–Trinajstić information content (AvgIpc) is 3.24. The topological polar surface area (TPSA) is 109 Å². The molecule has 0 aliphatic heterocycles. The average molecular weight is 462 g/mol. The molecule has 0 bridgehead atoms. The van der Waals surface area contributed by atoms with Crippen LogP contribution in [0.15, 0.2) is 48.1 Å². The molecule has 2 N–H and O–H groups in total. The van der Waals surface area contributed by atoms with Crippen molar-refractivity contribution < 1.29 is 18.3 Å². The molecule has 164 valence electrons. The smallest absolute Gasteiger partial charge is 0.257 e. The summed E-state index contributed by atoms with van der Waals surface area (Å²) in [6, 6.07) is 4.50. The molecule has 0 saturated heterocycles. The number of aliphatic hydroxyl groups is 1. The monoisotopic (exact) mass is 461 g/mol. The summed E-state index contributed by atoms with van der Waals surface area (Å²) in [4.78, 5) is 21.4. The van der Waals surface area contributed by atoms with Gasteiger partial charge in [-0.05, 0) is 42.0 Å². The first-order valence-corrected chi connectivity index (χ1v) is 12.1. The molecule has 1 saturated carbocycles. The zero-order chi connectivity index (χ0) is 22.6. The maximum absolute atomic E-state index is 13.1. The van der Waals surface area contributed by atoms with Gasteiger partial charge < -0.3 is 10.4 Å². The van der Waals surface area contributed by atoms with E-state index in [1.54, 1.807) is 6.07 Å². The number of rotatable bonds is 7. The molecular weight excluding hydrogens is 438 g/mol. The van der Waals surface area contributed by atoms with Gasteiger partial charge in [0.1, 0.15) is 0 Å². The highest BCUT2D eigenvalue weighted by molar-refractivity contribution is 7.90. The second kappa shape index (κ2) is 9.72. The first-order valence-electron chi connectivity index (χ1n) is 9.83. The number of hydrogen-bond acceptors (Lipinski definition) is 6. The van der Waals surface area contributed by atoms with Crippen LogP contribution >= 0.6 is 11.6 Å². The van der Waals surface area contributed by atoms with Crippen molar-refractivity contribution in [3.63, 3.8) is 0 Å². The fourth-order valence-corrected chi connectivity index (χ4v) is 4.80. The van der Waals surface area contributed by atoms with Crippen LogP contribution in [0.1, 0.15) is 36.9 Å². The summed E-state index contributed by atoms with van der Waals surface area (Å²) in [6.07, 6.45) is 10.0. The molecule has 1 fully saturated rings. The standard InChI is InChI=1S/C22H24ClN3O4S/c1-14(13-27)19-11-25-21(12-24-19)26-22(28)17(9-15-5-3-4-6-15)16-7-8-20(18(23)10-16)31(2,29)30/h7-12,15,27H,1,3-6,13H2,2H3,(H,25,26,28)/b17-9+. The van der Waals surface area contributed by atoms with Crippen LogP contribution in [-0.2, 0) is 14.6 Å². The van der Waals surface area contributed by atoms with Crippen molar-refractivity contribution in [3.05, 3.63) is 59.5 Å². The van der Waals surface area contributed by atoms with E-state index < -0.39 is 15.7 Å². The Labute approximate surface area is 186 Å². The second-order valence-electron chi connectivity index (χ2n) is 7.54. The van der Waals surface area contributed by atoms with Crippen LogP contribution < -0.4 is 5.32 Å². The number of carbonyl (C=O) groups excluding carboxylic acids is 1. The zero-order valence-electron chi connectivity index (χ0n) is 17.1. The van der Waals surface area contributed by atoms with Crippen molar-refractivity contribution in [2.45, 2.75) is 30.6 Å². The van der Waals surface area contributed by atoms with Gasteiger partial charge in [0.05, 0.1) is 34.6 Å². The van der Waals surface area contributed by atoms with Crippen LogP contribution in [0.4, 0.5) is 5.82 Å². The Hall–Kier alpha value is -2.55. The number of nitrogens with zero attached hydrogens (tertiary/aromatic N) is 2. The van der Waals surface area contributed by atoms with E-state index in [0.29, 0.717) is 22.4 Å². The number of hydrogen-bond donors (Lipinski definition) is 2. The number of aliphatic hydroxyl groups excluding tert-OH is 1. The molecule has 1 aliphatic carbocycles. The lowest BCUT2D eigenvalue weighted by Gasteiger charge is -2.13. The van der Waals surface area contributed by atoms with E-state index in [1.807, 2.05) is 6.08 Å². The van der Waals surface area contributed by atoms with Gasteiger partial charge in [0.25, 0.3) is 5.91 Å². The molecule has 1 aromatic carbocycles. The predicted molar refractivity (Wildman–Crippen MR) is 121 cm³/mol. The van der Waals surface area contributed by atoms with Gasteiger partial charge in [-0.1, -0.05) is 43.2 Å². The van der Waals surface area contributed by atoms with Crippen molar-refractivity contribution >= 4 is 44.3 Å². The Balaban J connectivity index is 1.91. The third-order valence-electron chi connectivity index (χ3n) is 5.14. The predicted octanol–water partition coefficient (Wildman–Crippen LogP) is 3.75. The molecule has 0 atom stereocenters. The number of amides is 1. The second-order valence-corrected chi connectivity index (χ2v) is 9.94. The normalized spacial score (nSPS) is 15.1. The SMILES string of the molecule is C=C(CO)c1cnc(NC(=O)/C(=C/C2CCCC2)c2ccc(S(C)(=O)=O)c(Cl)c2)cn1. The van der Waals surface area contributed by atoms with Crippen LogP contribution in [0.2, 0.25) is 5.02 Å². The molecule has 3 rings (SSSR count). The molecular formula is C22H24ClN3O4S. The molecule has 1 aromatic heterocycles. The van der Waals surface area contributed by atoms with E-state index in [1.165, 1.54) is 24.5 Å².